The Morgan fingerprint density at radius 3 is 2.43 bits per heavy atom. The first-order valence-corrected chi connectivity index (χ1v) is 7.91. The lowest BCUT2D eigenvalue weighted by atomic mass is 10.0. The standard InChI is InChI=1S/C15H21F3N4O/c1-20-7-3-5-11(20)12-6-4-8-22(12)14(23)10-9-21(2)19-13(10)15(16,17)18/h9,11-12H,3-8H2,1-2H3. The molecular formula is C15H21F3N4O. The van der Waals surface area contributed by atoms with Crippen LogP contribution in [0.1, 0.15) is 41.7 Å². The summed E-state index contributed by atoms with van der Waals surface area (Å²) in [6.07, 6.45) is 0.305. The van der Waals surface area contributed by atoms with Crippen molar-refractivity contribution in [1.82, 2.24) is 19.6 Å². The van der Waals surface area contributed by atoms with Gasteiger partial charge in [0.1, 0.15) is 0 Å². The number of aryl methyl sites for hydroxylation is 1. The molecule has 8 heteroatoms. The molecule has 2 unspecified atom stereocenters. The van der Waals surface area contributed by atoms with Gasteiger partial charge in [0.2, 0.25) is 0 Å². The van der Waals surface area contributed by atoms with E-state index >= 15 is 0 Å². The third kappa shape index (κ3) is 2.96. The van der Waals surface area contributed by atoms with Crippen LogP contribution >= 0.6 is 0 Å². The van der Waals surface area contributed by atoms with Gasteiger partial charge in [0.25, 0.3) is 5.91 Å². The highest BCUT2D eigenvalue weighted by atomic mass is 19.4. The summed E-state index contributed by atoms with van der Waals surface area (Å²) < 4.78 is 40.4. The predicted octanol–water partition coefficient (Wildman–Crippen LogP) is 2.14. The molecular weight excluding hydrogens is 309 g/mol. The van der Waals surface area contributed by atoms with Crippen LogP contribution in [0.2, 0.25) is 0 Å². The summed E-state index contributed by atoms with van der Waals surface area (Å²) in [4.78, 5) is 16.6. The number of amides is 1. The number of hydrogen-bond donors (Lipinski definition) is 0. The summed E-state index contributed by atoms with van der Waals surface area (Å²) >= 11 is 0. The van der Waals surface area contributed by atoms with E-state index in [2.05, 4.69) is 10.00 Å². The summed E-state index contributed by atoms with van der Waals surface area (Å²) in [6, 6.07) is 0.240. The molecule has 0 bridgehead atoms. The Morgan fingerprint density at radius 2 is 1.83 bits per heavy atom. The third-order valence-electron chi connectivity index (χ3n) is 4.91. The fraction of sp³-hybridized carbons (Fsp3) is 0.733. The highest BCUT2D eigenvalue weighted by Crippen LogP contribution is 2.34. The minimum absolute atomic E-state index is 0.00344. The maximum Gasteiger partial charge on any atom is 0.435 e. The number of likely N-dealkylation sites (tertiary alicyclic amines) is 2. The van der Waals surface area contributed by atoms with E-state index in [1.807, 2.05) is 7.05 Å². The van der Waals surface area contributed by atoms with Crippen LogP contribution in [0.15, 0.2) is 6.20 Å². The fourth-order valence-electron chi connectivity index (χ4n) is 3.88. The van der Waals surface area contributed by atoms with Gasteiger partial charge < -0.3 is 9.80 Å². The van der Waals surface area contributed by atoms with Crippen LogP contribution in [0.5, 0.6) is 0 Å². The number of carbonyl (C=O) groups excluding carboxylic acids is 1. The molecule has 128 valence electrons. The Kier molecular flexibility index (Phi) is 4.12. The van der Waals surface area contributed by atoms with E-state index in [0.29, 0.717) is 6.54 Å². The summed E-state index contributed by atoms with van der Waals surface area (Å²) in [5.74, 6) is -0.548. The van der Waals surface area contributed by atoms with Crippen LogP contribution < -0.4 is 0 Å². The largest absolute Gasteiger partial charge is 0.435 e. The Bertz CT molecular complexity index is 598. The van der Waals surface area contributed by atoms with Gasteiger partial charge in [0.15, 0.2) is 5.69 Å². The second-order valence-electron chi connectivity index (χ2n) is 6.46. The number of aromatic nitrogens is 2. The normalized spacial score (nSPS) is 26.2. The predicted molar refractivity (Wildman–Crippen MR) is 77.9 cm³/mol. The maximum atomic E-state index is 13.1. The summed E-state index contributed by atoms with van der Waals surface area (Å²) in [7, 11) is 3.42. The van der Waals surface area contributed by atoms with Crippen LogP contribution in [-0.2, 0) is 13.2 Å². The lowest BCUT2D eigenvalue weighted by Crippen LogP contribution is -2.47. The lowest BCUT2D eigenvalue weighted by Gasteiger charge is -2.33. The molecule has 0 N–H and O–H groups in total. The van der Waals surface area contributed by atoms with Crippen molar-refractivity contribution in [3.05, 3.63) is 17.5 Å². The van der Waals surface area contributed by atoms with E-state index in [0.717, 1.165) is 36.9 Å². The number of hydrogen-bond acceptors (Lipinski definition) is 3. The van der Waals surface area contributed by atoms with Crippen molar-refractivity contribution in [1.29, 1.82) is 0 Å². The molecule has 0 aromatic carbocycles. The SMILES string of the molecule is CN1CCCC1C1CCCN1C(=O)c1cn(C)nc1C(F)(F)F. The smallest absolute Gasteiger partial charge is 0.334 e. The highest BCUT2D eigenvalue weighted by Gasteiger charge is 2.43. The quantitative estimate of drug-likeness (QED) is 0.834. The average Bonchev–Trinajstić information content (AvgIpc) is 3.15. The highest BCUT2D eigenvalue weighted by molar-refractivity contribution is 5.95. The van der Waals surface area contributed by atoms with Gasteiger partial charge in [-0.05, 0) is 39.3 Å². The molecule has 1 aromatic heterocycles. The van der Waals surface area contributed by atoms with Gasteiger partial charge in [0, 0.05) is 31.9 Å². The van der Waals surface area contributed by atoms with Gasteiger partial charge in [-0.1, -0.05) is 0 Å². The molecule has 2 fully saturated rings. The molecule has 0 aliphatic carbocycles. The fourth-order valence-corrected chi connectivity index (χ4v) is 3.88. The van der Waals surface area contributed by atoms with Gasteiger partial charge in [-0.25, -0.2) is 0 Å². The van der Waals surface area contributed by atoms with Gasteiger partial charge in [0.05, 0.1) is 5.56 Å². The first-order valence-electron chi connectivity index (χ1n) is 7.91. The minimum Gasteiger partial charge on any atom is -0.334 e. The summed E-state index contributed by atoms with van der Waals surface area (Å²) in [5, 5.41) is 3.45. The molecule has 3 heterocycles. The van der Waals surface area contributed by atoms with E-state index in [4.69, 9.17) is 0 Å². The second kappa shape index (κ2) is 5.81. The Labute approximate surface area is 133 Å². The van der Waals surface area contributed by atoms with E-state index in [1.54, 1.807) is 4.90 Å². The number of likely N-dealkylation sites (N-methyl/N-ethyl adjacent to an activating group) is 1. The molecule has 23 heavy (non-hydrogen) atoms. The van der Waals surface area contributed by atoms with Gasteiger partial charge in [-0.15, -0.1) is 0 Å². The zero-order valence-corrected chi connectivity index (χ0v) is 13.3. The summed E-state index contributed by atoms with van der Waals surface area (Å²) in [6.45, 7) is 1.49. The molecule has 2 aliphatic heterocycles. The van der Waals surface area contributed by atoms with Crippen molar-refractivity contribution in [2.24, 2.45) is 7.05 Å². The molecule has 5 nitrogen and oxygen atoms in total. The molecule has 0 spiro atoms. The second-order valence-corrected chi connectivity index (χ2v) is 6.46. The first-order chi connectivity index (χ1) is 10.8. The lowest BCUT2D eigenvalue weighted by molar-refractivity contribution is -0.141. The zero-order valence-electron chi connectivity index (χ0n) is 13.3. The molecule has 2 atom stereocenters. The van der Waals surface area contributed by atoms with Crippen molar-refractivity contribution in [3.63, 3.8) is 0 Å². The Morgan fingerprint density at radius 1 is 1.17 bits per heavy atom. The van der Waals surface area contributed by atoms with Crippen molar-refractivity contribution < 1.29 is 18.0 Å². The van der Waals surface area contributed by atoms with Crippen molar-refractivity contribution in [3.8, 4) is 0 Å². The van der Waals surface area contributed by atoms with Crippen LogP contribution in [0.4, 0.5) is 13.2 Å². The van der Waals surface area contributed by atoms with Crippen LogP contribution in [0, 0.1) is 0 Å². The first kappa shape index (κ1) is 16.3. The minimum atomic E-state index is -4.62. The number of rotatable bonds is 2. The molecule has 1 aromatic rings. The number of nitrogens with zero attached hydrogens (tertiary/aromatic N) is 4. The van der Waals surface area contributed by atoms with E-state index in [-0.39, 0.29) is 17.6 Å². The maximum absolute atomic E-state index is 13.1. The van der Waals surface area contributed by atoms with Crippen molar-refractivity contribution in [2.45, 2.75) is 43.9 Å². The summed E-state index contributed by atoms with van der Waals surface area (Å²) in [5.41, 5.74) is -1.43. The van der Waals surface area contributed by atoms with Gasteiger partial charge >= 0.3 is 6.18 Å². The average molecular weight is 330 g/mol. The molecule has 1 amide bonds. The molecule has 0 saturated carbocycles. The van der Waals surface area contributed by atoms with E-state index in [1.165, 1.54) is 13.2 Å². The third-order valence-corrected chi connectivity index (χ3v) is 4.91. The van der Waals surface area contributed by atoms with Crippen LogP contribution in [0.25, 0.3) is 0 Å². The number of alkyl halides is 3. The number of carbonyl (C=O) groups is 1. The topological polar surface area (TPSA) is 41.4 Å². The van der Waals surface area contributed by atoms with Crippen LogP contribution in [0.3, 0.4) is 0 Å². The van der Waals surface area contributed by atoms with E-state index in [9.17, 15) is 18.0 Å². The molecule has 2 aliphatic rings. The zero-order chi connectivity index (χ0) is 16.8. The van der Waals surface area contributed by atoms with Gasteiger partial charge in [-0.3, -0.25) is 9.48 Å². The van der Waals surface area contributed by atoms with Crippen molar-refractivity contribution in [2.75, 3.05) is 20.1 Å². The molecule has 0 radical (unpaired) electrons. The monoisotopic (exact) mass is 330 g/mol. The van der Waals surface area contributed by atoms with E-state index < -0.39 is 17.8 Å². The molecule has 3 rings (SSSR count). The van der Waals surface area contributed by atoms with Crippen LogP contribution in [-0.4, -0.2) is 57.7 Å². The molecule has 2 saturated heterocycles. The Hall–Kier alpha value is -1.57. The van der Waals surface area contributed by atoms with Crippen molar-refractivity contribution >= 4 is 5.91 Å². The Balaban J connectivity index is 1.88. The number of halogens is 3. The van der Waals surface area contributed by atoms with Gasteiger partial charge in [-0.2, -0.15) is 18.3 Å².